The molecule has 0 spiro atoms. The van der Waals surface area contributed by atoms with Crippen LogP contribution in [0.2, 0.25) is 0 Å². The van der Waals surface area contributed by atoms with Crippen LogP contribution in [0, 0.1) is 0 Å². The van der Waals surface area contributed by atoms with Crippen LogP contribution in [0.15, 0.2) is 120 Å². The Morgan fingerprint density at radius 3 is 2.00 bits per heavy atom. The summed E-state index contributed by atoms with van der Waals surface area (Å²) in [5, 5.41) is 7.35. The van der Waals surface area contributed by atoms with E-state index in [-0.39, 0.29) is 0 Å². The maximum atomic E-state index is 6.73. The maximum Gasteiger partial charge on any atom is 0.181 e. The molecule has 0 fully saturated rings. The Hall–Kier alpha value is -4.97. The Morgan fingerprint density at radius 2 is 1.30 bits per heavy atom. The fourth-order valence-corrected chi connectivity index (χ4v) is 9.13. The highest BCUT2D eigenvalue weighted by Gasteiger charge is 2.24. The molecule has 3 nitrogen and oxygen atoms in total. The molecule has 44 heavy (non-hydrogen) atoms. The second kappa shape index (κ2) is 9.26. The number of anilines is 3. The van der Waals surface area contributed by atoms with Gasteiger partial charge in [-0.25, -0.2) is 4.98 Å². The highest BCUT2D eigenvalue weighted by molar-refractivity contribution is 7.26. The van der Waals surface area contributed by atoms with Gasteiger partial charge in [-0.15, -0.1) is 22.7 Å². The van der Waals surface area contributed by atoms with Crippen molar-refractivity contribution in [3.05, 3.63) is 127 Å². The minimum atomic E-state index is 0.796. The average molecular weight is 601 g/mol. The number of aryl methyl sites for hydroxylation is 1. The molecule has 1 aliphatic carbocycles. The Kier molecular flexibility index (Phi) is 5.15. The first-order valence-electron chi connectivity index (χ1n) is 14.9. The van der Waals surface area contributed by atoms with Crippen LogP contribution in [0.3, 0.4) is 0 Å². The van der Waals surface area contributed by atoms with Crippen LogP contribution in [-0.4, -0.2) is 4.98 Å². The van der Waals surface area contributed by atoms with Crippen molar-refractivity contribution in [1.29, 1.82) is 0 Å². The molecular formula is C39H24N2OS2. The third kappa shape index (κ3) is 3.51. The van der Waals surface area contributed by atoms with Crippen LogP contribution in [-0.2, 0) is 6.42 Å². The minimum Gasteiger partial charge on any atom is -0.452 e. The van der Waals surface area contributed by atoms with Gasteiger partial charge in [0.05, 0.1) is 0 Å². The van der Waals surface area contributed by atoms with E-state index in [4.69, 9.17) is 9.40 Å². The summed E-state index contributed by atoms with van der Waals surface area (Å²) in [7, 11) is 0. The zero-order valence-electron chi connectivity index (χ0n) is 23.6. The number of allylic oxidation sites excluding steroid dienone is 1. The summed E-state index contributed by atoms with van der Waals surface area (Å²) in [5.41, 5.74) is 6.47. The maximum absolute atomic E-state index is 6.73. The molecule has 10 rings (SSSR count). The fraction of sp³-hybridized carbons (Fsp3) is 0.0513. The molecule has 208 valence electrons. The van der Waals surface area contributed by atoms with E-state index in [0.717, 1.165) is 46.6 Å². The number of thiophene rings is 2. The lowest BCUT2D eigenvalue weighted by Gasteiger charge is -2.24. The largest absolute Gasteiger partial charge is 0.452 e. The zero-order chi connectivity index (χ0) is 28.8. The number of aromatic nitrogens is 1. The van der Waals surface area contributed by atoms with Crippen LogP contribution in [0.5, 0.6) is 0 Å². The number of rotatable bonds is 3. The Balaban J connectivity index is 1.28. The van der Waals surface area contributed by atoms with E-state index in [1.165, 1.54) is 56.9 Å². The molecule has 4 heterocycles. The molecule has 4 aromatic heterocycles. The van der Waals surface area contributed by atoms with Crippen LogP contribution >= 0.6 is 22.7 Å². The number of fused-ring (bicyclic) bond motifs is 11. The average Bonchev–Trinajstić information content (AvgIpc) is 3.76. The lowest BCUT2D eigenvalue weighted by atomic mass is 9.93. The molecule has 9 aromatic rings. The van der Waals surface area contributed by atoms with Crippen molar-refractivity contribution < 1.29 is 4.42 Å². The molecule has 0 unspecified atom stereocenters. The molecule has 0 bridgehead atoms. The van der Waals surface area contributed by atoms with E-state index in [1.807, 2.05) is 28.9 Å². The molecule has 0 radical (unpaired) electrons. The van der Waals surface area contributed by atoms with Crippen molar-refractivity contribution in [2.45, 2.75) is 12.8 Å². The molecule has 0 N–H and O–H groups in total. The molecule has 0 amide bonds. The summed E-state index contributed by atoms with van der Waals surface area (Å²) in [4.78, 5) is 7.33. The highest BCUT2D eigenvalue weighted by atomic mass is 32.1. The van der Waals surface area contributed by atoms with Gasteiger partial charge in [-0.3, -0.25) is 4.90 Å². The van der Waals surface area contributed by atoms with Gasteiger partial charge in [-0.05, 0) is 84.6 Å². The fourth-order valence-electron chi connectivity index (χ4n) is 6.96. The monoisotopic (exact) mass is 600 g/mol. The first-order valence-corrected chi connectivity index (χ1v) is 16.6. The Bertz CT molecular complexity index is 2520. The summed E-state index contributed by atoms with van der Waals surface area (Å²) >= 11 is 3.68. The van der Waals surface area contributed by atoms with Gasteiger partial charge in [0.15, 0.2) is 11.4 Å². The molecule has 5 aromatic carbocycles. The van der Waals surface area contributed by atoms with E-state index in [9.17, 15) is 0 Å². The number of pyridine rings is 1. The summed E-state index contributed by atoms with van der Waals surface area (Å²) in [6.07, 6.45) is 8.60. The number of furan rings is 1. The predicted octanol–water partition coefficient (Wildman–Crippen LogP) is 12.1. The molecular weight excluding hydrogens is 577 g/mol. The van der Waals surface area contributed by atoms with Crippen LogP contribution in [0.4, 0.5) is 17.2 Å². The number of hydrogen-bond acceptors (Lipinski definition) is 5. The normalized spacial score (nSPS) is 13.2. The summed E-state index contributed by atoms with van der Waals surface area (Å²) < 4.78 is 11.9. The molecule has 0 saturated heterocycles. The van der Waals surface area contributed by atoms with Gasteiger partial charge in [0.25, 0.3) is 0 Å². The number of nitrogens with zero attached hydrogens (tertiary/aromatic N) is 2. The summed E-state index contributed by atoms with van der Waals surface area (Å²) in [6, 6.07) is 37.4. The van der Waals surface area contributed by atoms with Gasteiger partial charge in [-0.2, -0.15) is 0 Å². The third-order valence-electron chi connectivity index (χ3n) is 8.98. The summed E-state index contributed by atoms with van der Waals surface area (Å²) in [6.45, 7) is 0. The van der Waals surface area contributed by atoms with E-state index in [0.29, 0.717) is 0 Å². The highest BCUT2D eigenvalue weighted by Crippen LogP contribution is 2.46. The molecule has 0 saturated carbocycles. The SMILES string of the molecule is C1=Cc2c(ccc3oc4c(N(c5ccc6sc7ccccc7c6c5)c5ccc6sc7ccccc7c6c5)nccc4c23)CC1. The van der Waals surface area contributed by atoms with Crippen molar-refractivity contribution >= 4 is 108 Å². The molecule has 0 atom stereocenters. The predicted molar refractivity (Wildman–Crippen MR) is 189 cm³/mol. The standard InChI is InChI=1S/C39H24N2OS2/c1-2-8-26-23(7-1)13-16-32-37(26)29-19-20-40-39(38(29)42-32)41(24-14-17-35-30(21-24)27-9-3-5-11-33(27)43-35)25-15-18-36-31(22-25)28-10-4-6-12-34(28)44-36/h2-6,8-22H,1,7H2. The van der Waals surface area contributed by atoms with Gasteiger partial charge >= 0.3 is 0 Å². The second-order valence-corrected chi connectivity index (χ2v) is 13.6. The van der Waals surface area contributed by atoms with Crippen LogP contribution in [0.25, 0.3) is 68.4 Å². The smallest absolute Gasteiger partial charge is 0.181 e. The van der Waals surface area contributed by atoms with Gasteiger partial charge in [-0.1, -0.05) is 54.6 Å². The quantitative estimate of drug-likeness (QED) is 0.202. The van der Waals surface area contributed by atoms with Gasteiger partial charge in [0, 0.05) is 68.7 Å². The van der Waals surface area contributed by atoms with Crippen molar-refractivity contribution in [3.63, 3.8) is 0 Å². The van der Waals surface area contributed by atoms with Crippen LogP contribution in [0.1, 0.15) is 17.5 Å². The lowest BCUT2D eigenvalue weighted by molar-refractivity contribution is 0.667. The first kappa shape index (κ1) is 24.5. The van der Waals surface area contributed by atoms with Gasteiger partial charge in [0.1, 0.15) is 5.58 Å². The van der Waals surface area contributed by atoms with E-state index < -0.39 is 0 Å². The van der Waals surface area contributed by atoms with Crippen molar-refractivity contribution in [2.24, 2.45) is 0 Å². The Labute approximate surface area is 260 Å². The number of hydrogen-bond donors (Lipinski definition) is 0. The van der Waals surface area contributed by atoms with Crippen molar-refractivity contribution in [3.8, 4) is 0 Å². The lowest BCUT2D eigenvalue weighted by Crippen LogP contribution is -2.11. The van der Waals surface area contributed by atoms with Crippen molar-refractivity contribution in [2.75, 3.05) is 4.90 Å². The van der Waals surface area contributed by atoms with E-state index in [1.54, 1.807) is 0 Å². The number of benzene rings is 5. The second-order valence-electron chi connectivity index (χ2n) is 11.5. The molecule has 1 aliphatic rings. The topological polar surface area (TPSA) is 29.3 Å². The van der Waals surface area contributed by atoms with E-state index >= 15 is 0 Å². The van der Waals surface area contributed by atoms with Crippen LogP contribution < -0.4 is 4.90 Å². The molecule has 5 heteroatoms. The third-order valence-corrected chi connectivity index (χ3v) is 11.3. The van der Waals surface area contributed by atoms with E-state index in [2.05, 4.69) is 120 Å². The van der Waals surface area contributed by atoms with Crippen molar-refractivity contribution in [1.82, 2.24) is 4.98 Å². The zero-order valence-corrected chi connectivity index (χ0v) is 25.2. The van der Waals surface area contributed by atoms with Gasteiger partial charge < -0.3 is 4.42 Å². The van der Waals surface area contributed by atoms with Gasteiger partial charge in [0.2, 0.25) is 0 Å². The summed E-state index contributed by atoms with van der Waals surface area (Å²) in [5.74, 6) is 0.796. The Morgan fingerprint density at radius 1 is 0.636 bits per heavy atom. The minimum absolute atomic E-state index is 0.796. The first-order chi connectivity index (χ1) is 21.8. The molecule has 0 aliphatic heterocycles.